The number of carbonyl (C=O) groups excluding carboxylic acids is 1. The second-order valence-corrected chi connectivity index (χ2v) is 7.83. The van der Waals surface area contributed by atoms with E-state index in [4.69, 9.17) is 4.74 Å². The molecule has 156 valence electrons. The highest BCUT2D eigenvalue weighted by Gasteiger charge is 2.28. The van der Waals surface area contributed by atoms with Crippen LogP contribution in [0.3, 0.4) is 0 Å². The quantitative estimate of drug-likeness (QED) is 0.321. The summed E-state index contributed by atoms with van der Waals surface area (Å²) in [6, 6.07) is 31.0. The number of nitrogens with one attached hydrogen (secondary N) is 1. The molecule has 0 unspecified atom stereocenters. The largest absolute Gasteiger partial charge is 0.449 e. The molecule has 1 N–H and O–H groups in total. The predicted molar refractivity (Wildman–Crippen MR) is 129 cm³/mol. The van der Waals surface area contributed by atoms with Gasteiger partial charge in [-0.05, 0) is 39.1 Å². The van der Waals surface area contributed by atoms with E-state index >= 15 is 0 Å². The minimum Gasteiger partial charge on any atom is -0.449 e. The summed E-state index contributed by atoms with van der Waals surface area (Å²) in [5.41, 5.74) is 5.87. The first kappa shape index (κ1) is 19.9. The van der Waals surface area contributed by atoms with Crippen molar-refractivity contribution < 1.29 is 9.53 Å². The summed E-state index contributed by atoms with van der Waals surface area (Å²) >= 11 is 0. The van der Waals surface area contributed by atoms with Gasteiger partial charge in [0.05, 0.1) is 0 Å². The number of ether oxygens (including phenoxy) is 1. The van der Waals surface area contributed by atoms with E-state index in [9.17, 15) is 4.79 Å². The van der Waals surface area contributed by atoms with Crippen LogP contribution in [-0.2, 0) is 4.74 Å². The van der Waals surface area contributed by atoms with Crippen LogP contribution >= 0.6 is 0 Å². The number of rotatable bonds is 4. The topological polar surface area (TPSA) is 38.3 Å². The van der Waals surface area contributed by atoms with E-state index in [-0.39, 0.29) is 5.92 Å². The lowest BCUT2D eigenvalue weighted by Gasteiger charge is -2.14. The van der Waals surface area contributed by atoms with Crippen molar-refractivity contribution in [3.8, 4) is 23.0 Å². The van der Waals surface area contributed by atoms with Crippen LogP contribution in [-0.4, -0.2) is 19.2 Å². The molecule has 1 aliphatic rings. The van der Waals surface area contributed by atoms with Crippen LogP contribution in [0.1, 0.15) is 29.0 Å². The Morgan fingerprint density at radius 3 is 2.25 bits per heavy atom. The second kappa shape index (κ2) is 8.99. The van der Waals surface area contributed by atoms with E-state index in [1.54, 1.807) is 0 Å². The summed E-state index contributed by atoms with van der Waals surface area (Å²) in [5, 5.41) is 5.14. The highest BCUT2D eigenvalue weighted by Crippen LogP contribution is 2.44. The summed E-state index contributed by atoms with van der Waals surface area (Å²) < 4.78 is 5.56. The van der Waals surface area contributed by atoms with E-state index in [0.29, 0.717) is 19.6 Å². The van der Waals surface area contributed by atoms with Crippen molar-refractivity contribution in [1.82, 2.24) is 5.32 Å². The molecule has 3 heteroatoms. The molecule has 0 atom stereocenters. The lowest BCUT2D eigenvalue weighted by molar-refractivity contribution is 0.143. The zero-order valence-electron chi connectivity index (χ0n) is 17.7. The molecule has 4 aromatic carbocycles. The highest BCUT2D eigenvalue weighted by atomic mass is 16.5. The van der Waals surface area contributed by atoms with Gasteiger partial charge in [-0.1, -0.05) is 96.8 Å². The van der Waals surface area contributed by atoms with Gasteiger partial charge in [0.15, 0.2) is 0 Å². The SMILES string of the molecule is O=C(NCCC#Cc1cccc2ccccc12)OCC1c2ccccc2-c2ccccc21. The van der Waals surface area contributed by atoms with Gasteiger partial charge in [0.1, 0.15) is 6.61 Å². The first-order valence-electron chi connectivity index (χ1n) is 10.9. The summed E-state index contributed by atoms with van der Waals surface area (Å²) in [6.07, 6.45) is 0.159. The summed E-state index contributed by atoms with van der Waals surface area (Å²) in [4.78, 5) is 12.3. The van der Waals surface area contributed by atoms with E-state index in [0.717, 1.165) is 10.9 Å². The highest BCUT2D eigenvalue weighted by molar-refractivity contribution is 5.88. The maximum atomic E-state index is 12.3. The van der Waals surface area contributed by atoms with Crippen LogP contribution in [0.15, 0.2) is 91.0 Å². The Morgan fingerprint density at radius 2 is 1.47 bits per heavy atom. The molecule has 1 amide bonds. The number of fused-ring (bicyclic) bond motifs is 4. The van der Waals surface area contributed by atoms with Crippen molar-refractivity contribution in [2.75, 3.05) is 13.2 Å². The number of benzene rings is 4. The molecule has 0 bridgehead atoms. The predicted octanol–water partition coefficient (Wildman–Crippen LogP) is 6.12. The van der Waals surface area contributed by atoms with Crippen LogP contribution in [0, 0.1) is 11.8 Å². The summed E-state index contributed by atoms with van der Waals surface area (Å²) in [7, 11) is 0. The zero-order chi connectivity index (χ0) is 21.8. The first-order valence-corrected chi connectivity index (χ1v) is 10.9. The van der Waals surface area contributed by atoms with Crippen molar-refractivity contribution in [3.05, 3.63) is 108 Å². The van der Waals surface area contributed by atoms with Crippen LogP contribution in [0.5, 0.6) is 0 Å². The van der Waals surface area contributed by atoms with Gasteiger partial charge >= 0.3 is 6.09 Å². The van der Waals surface area contributed by atoms with Gasteiger partial charge in [-0.15, -0.1) is 0 Å². The van der Waals surface area contributed by atoms with Gasteiger partial charge in [0.25, 0.3) is 0 Å². The number of alkyl carbamates (subject to hydrolysis) is 1. The molecule has 1 aliphatic carbocycles. The summed E-state index contributed by atoms with van der Waals surface area (Å²) in [5.74, 6) is 6.44. The van der Waals surface area contributed by atoms with Crippen molar-refractivity contribution in [2.45, 2.75) is 12.3 Å². The molecule has 0 radical (unpaired) electrons. The Labute approximate surface area is 188 Å². The van der Waals surface area contributed by atoms with E-state index in [2.05, 4.69) is 59.6 Å². The fourth-order valence-electron chi connectivity index (χ4n) is 4.37. The Bertz CT molecular complexity index is 1300. The molecule has 3 nitrogen and oxygen atoms in total. The van der Waals surface area contributed by atoms with E-state index in [1.165, 1.54) is 27.6 Å². The maximum Gasteiger partial charge on any atom is 0.407 e. The van der Waals surface area contributed by atoms with Gasteiger partial charge in [-0.25, -0.2) is 4.79 Å². The van der Waals surface area contributed by atoms with Crippen molar-refractivity contribution in [1.29, 1.82) is 0 Å². The second-order valence-electron chi connectivity index (χ2n) is 7.83. The molecule has 0 fully saturated rings. The molecule has 4 aromatic rings. The smallest absolute Gasteiger partial charge is 0.407 e. The molecular weight excluding hydrogens is 394 g/mol. The Hall–Kier alpha value is -4.03. The van der Waals surface area contributed by atoms with Crippen molar-refractivity contribution in [2.24, 2.45) is 0 Å². The normalized spacial score (nSPS) is 11.9. The molecule has 0 heterocycles. The maximum absolute atomic E-state index is 12.3. The van der Waals surface area contributed by atoms with Gasteiger partial charge in [-0.3, -0.25) is 0 Å². The monoisotopic (exact) mass is 417 g/mol. The summed E-state index contributed by atoms with van der Waals surface area (Å²) in [6.45, 7) is 0.774. The minimum absolute atomic E-state index is 0.0688. The molecular formula is C29H23NO2. The number of hydrogen-bond acceptors (Lipinski definition) is 2. The Balaban J connectivity index is 1.16. The fraction of sp³-hybridized carbons (Fsp3) is 0.138. The zero-order valence-corrected chi connectivity index (χ0v) is 17.7. The molecule has 0 saturated heterocycles. The van der Waals surface area contributed by atoms with Crippen molar-refractivity contribution >= 4 is 16.9 Å². The Morgan fingerprint density at radius 1 is 0.812 bits per heavy atom. The average molecular weight is 418 g/mol. The van der Waals surface area contributed by atoms with Gasteiger partial charge in [0.2, 0.25) is 0 Å². The molecule has 0 aromatic heterocycles. The van der Waals surface area contributed by atoms with Crippen molar-refractivity contribution in [3.63, 3.8) is 0 Å². The van der Waals surface area contributed by atoms with Gasteiger partial charge in [-0.2, -0.15) is 0 Å². The number of hydrogen-bond donors (Lipinski definition) is 1. The van der Waals surface area contributed by atoms with Crippen LogP contribution < -0.4 is 5.32 Å². The third-order valence-corrected chi connectivity index (χ3v) is 5.88. The molecule has 5 rings (SSSR count). The van der Waals surface area contributed by atoms with E-state index < -0.39 is 6.09 Å². The molecule has 32 heavy (non-hydrogen) atoms. The molecule has 0 saturated carbocycles. The average Bonchev–Trinajstić information content (AvgIpc) is 3.16. The van der Waals surface area contributed by atoms with E-state index in [1.807, 2.05) is 48.5 Å². The van der Waals surface area contributed by atoms with Crippen LogP contribution in [0.4, 0.5) is 4.79 Å². The standard InChI is InChI=1S/C29H23NO2/c31-29(30-19-8-7-11-22-13-9-12-21-10-1-2-14-23(21)22)32-20-28-26-17-5-3-15-24(26)25-16-4-6-18-27(25)28/h1-6,9-10,12-18,28H,8,19-20H2,(H,30,31). The third kappa shape index (κ3) is 3.96. The van der Waals surface area contributed by atoms with Gasteiger partial charge < -0.3 is 10.1 Å². The first-order chi connectivity index (χ1) is 15.8. The lowest BCUT2D eigenvalue weighted by Crippen LogP contribution is -2.26. The molecule has 0 spiro atoms. The van der Waals surface area contributed by atoms with Gasteiger partial charge in [0, 0.05) is 24.4 Å². The fourth-order valence-corrected chi connectivity index (χ4v) is 4.37. The van der Waals surface area contributed by atoms with Crippen LogP contribution in [0.25, 0.3) is 21.9 Å². The Kier molecular flexibility index (Phi) is 5.59. The van der Waals surface area contributed by atoms with Crippen LogP contribution in [0.2, 0.25) is 0 Å². The lowest BCUT2D eigenvalue weighted by atomic mass is 9.98. The number of carbonyl (C=O) groups is 1. The number of amides is 1. The minimum atomic E-state index is -0.404. The molecule has 0 aliphatic heterocycles. The third-order valence-electron chi connectivity index (χ3n) is 5.88.